The molecular formula is C29H32F4N8O3. The summed E-state index contributed by atoms with van der Waals surface area (Å²) in [6.07, 6.45) is -1.55. The molecule has 0 saturated heterocycles. The normalized spacial score (nSPS) is 12.2. The molecule has 2 heterocycles. The second-order valence-electron chi connectivity index (χ2n) is 10.3. The van der Waals surface area contributed by atoms with Gasteiger partial charge >= 0.3 is 12.1 Å². The van der Waals surface area contributed by atoms with E-state index in [9.17, 15) is 22.8 Å². The Bertz CT molecular complexity index is 1700. The van der Waals surface area contributed by atoms with Gasteiger partial charge in [-0.05, 0) is 80.6 Å². The van der Waals surface area contributed by atoms with E-state index in [1.807, 2.05) is 6.92 Å². The number of halogens is 4. The lowest BCUT2D eigenvalue weighted by Gasteiger charge is -2.14. The molecule has 0 spiro atoms. The van der Waals surface area contributed by atoms with Crippen molar-refractivity contribution in [3.8, 4) is 22.7 Å². The Balaban J connectivity index is 1.59. The van der Waals surface area contributed by atoms with Gasteiger partial charge in [-0.1, -0.05) is 0 Å². The number of aromatic amines is 1. The van der Waals surface area contributed by atoms with Crippen molar-refractivity contribution in [3.05, 3.63) is 76.1 Å². The third-order valence-corrected chi connectivity index (χ3v) is 6.61. The molecule has 4 rings (SSSR count). The average Bonchev–Trinajstić information content (AvgIpc) is 3.35. The Kier molecular flexibility index (Phi) is 9.88. The number of carbonyl (C=O) groups excluding carboxylic acids is 1. The van der Waals surface area contributed by atoms with E-state index in [0.29, 0.717) is 61.0 Å². The quantitative estimate of drug-likeness (QED) is 0.0609. The minimum Gasteiger partial charge on any atom is -0.403 e. The molecule has 15 heteroatoms. The number of aryl methyl sites for hydroxylation is 1. The van der Waals surface area contributed by atoms with Crippen molar-refractivity contribution in [2.24, 2.45) is 11.5 Å². The number of nitrogens with two attached hydrogens (primary N) is 2. The van der Waals surface area contributed by atoms with Crippen LogP contribution in [-0.4, -0.2) is 51.9 Å². The van der Waals surface area contributed by atoms with E-state index in [1.165, 1.54) is 35.0 Å². The van der Waals surface area contributed by atoms with E-state index in [1.54, 1.807) is 12.1 Å². The van der Waals surface area contributed by atoms with Crippen molar-refractivity contribution >= 4 is 22.9 Å². The average molecular weight is 617 g/mol. The van der Waals surface area contributed by atoms with Crippen LogP contribution in [0.25, 0.3) is 28.0 Å². The van der Waals surface area contributed by atoms with E-state index >= 15 is 4.39 Å². The minimum atomic E-state index is -5.10. The molecule has 0 saturated carbocycles. The second kappa shape index (κ2) is 13.6. The molecule has 2 aromatic heterocycles. The first kappa shape index (κ1) is 32.0. The summed E-state index contributed by atoms with van der Waals surface area (Å²) >= 11 is 0. The molecule has 8 N–H and O–H groups in total. The Labute approximate surface area is 249 Å². The number of nitrogens with zero attached hydrogens (tertiary/aromatic N) is 2. The molecule has 234 valence electrons. The van der Waals surface area contributed by atoms with Gasteiger partial charge in [0.2, 0.25) is 0 Å². The molecule has 1 atom stereocenters. The van der Waals surface area contributed by atoms with Crippen molar-refractivity contribution < 1.29 is 27.1 Å². The van der Waals surface area contributed by atoms with Crippen LogP contribution in [0.3, 0.4) is 0 Å². The number of amides is 1. The standard InChI is InChI=1S/C29H32F4N8O3/c1-16(34)4-2-5-17-12-21(24(30)23(13-17)44-29(31,32)33)22-14-19-15-41(28(43)40-25(19)39-22)20-8-6-18(7-9-20)26(42)37-10-3-11-38-27(35)36/h6-9,12-16H,2-5,10-11,34H2,1H3,(H,37,42)(H4,35,36,38)(H,39,40,43)/t16-/m0/s1. The fourth-order valence-electron chi connectivity index (χ4n) is 4.54. The number of hydrogen-bond acceptors (Lipinski definition) is 6. The zero-order valence-corrected chi connectivity index (χ0v) is 23.7. The molecule has 0 fully saturated rings. The third-order valence-electron chi connectivity index (χ3n) is 6.61. The second-order valence-corrected chi connectivity index (χ2v) is 10.3. The number of carbonyl (C=O) groups is 1. The van der Waals surface area contributed by atoms with Crippen LogP contribution in [-0.2, 0) is 6.42 Å². The number of ether oxygens (including phenoxy) is 1. The van der Waals surface area contributed by atoms with E-state index < -0.39 is 23.6 Å². The highest BCUT2D eigenvalue weighted by molar-refractivity contribution is 5.94. The number of benzene rings is 2. The lowest BCUT2D eigenvalue weighted by Crippen LogP contribution is -2.33. The summed E-state index contributed by atoms with van der Waals surface area (Å²) in [5.74, 6) is -2.66. The number of aromatic nitrogens is 3. The molecule has 0 radical (unpaired) electrons. The van der Waals surface area contributed by atoms with Crippen LogP contribution in [0.4, 0.5) is 17.6 Å². The molecule has 0 aliphatic heterocycles. The van der Waals surface area contributed by atoms with E-state index in [2.05, 4.69) is 25.3 Å². The molecule has 11 nitrogen and oxygen atoms in total. The fourth-order valence-corrected chi connectivity index (χ4v) is 4.54. The van der Waals surface area contributed by atoms with Crippen molar-refractivity contribution in [2.75, 3.05) is 13.1 Å². The SMILES string of the molecule is C[C@H](N)CCCc1cc(OC(F)(F)F)c(F)c(-c2cc3cn(-c4ccc(C(=O)NCCCNC(=N)N)cc4)c(=O)nc3[nH]2)c1. The fraction of sp³-hybridized carbons (Fsp3) is 0.310. The van der Waals surface area contributed by atoms with Crippen LogP contribution in [0.5, 0.6) is 5.75 Å². The molecule has 1 amide bonds. The number of hydrogen-bond donors (Lipinski definition) is 6. The largest absolute Gasteiger partial charge is 0.573 e. The number of alkyl halides is 3. The highest BCUT2D eigenvalue weighted by Gasteiger charge is 2.33. The monoisotopic (exact) mass is 616 g/mol. The van der Waals surface area contributed by atoms with Crippen LogP contribution in [0.15, 0.2) is 53.5 Å². The summed E-state index contributed by atoms with van der Waals surface area (Å²) in [4.78, 5) is 32.1. The van der Waals surface area contributed by atoms with Gasteiger partial charge in [-0.15, -0.1) is 13.2 Å². The lowest BCUT2D eigenvalue weighted by molar-refractivity contribution is -0.275. The summed E-state index contributed by atoms with van der Waals surface area (Å²) in [5.41, 5.74) is 11.5. The minimum absolute atomic E-state index is 0.103. The van der Waals surface area contributed by atoms with Gasteiger partial charge in [-0.3, -0.25) is 14.8 Å². The highest BCUT2D eigenvalue weighted by Crippen LogP contribution is 2.35. The highest BCUT2D eigenvalue weighted by atomic mass is 19.4. The van der Waals surface area contributed by atoms with Gasteiger partial charge in [-0.2, -0.15) is 4.98 Å². The smallest absolute Gasteiger partial charge is 0.403 e. The van der Waals surface area contributed by atoms with Crippen LogP contribution < -0.4 is 32.5 Å². The first-order valence-corrected chi connectivity index (χ1v) is 13.7. The van der Waals surface area contributed by atoms with Crippen molar-refractivity contribution in [1.82, 2.24) is 25.2 Å². The van der Waals surface area contributed by atoms with Gasteiger partial charge in [0.25, 0.3) is 5.91 Å². The Morgan fingerprint density at radius 3 is 2.50 bits per heavy atom. The molecule has 4 aromatic rings. The van der Waals surface area contributed by atoms with Gasteiger partial charge in [0.15, 0.2) is 17.5 Å². The number of rotatable bonds is 12. The van der Waals surface area contributed by atoms with Gasteiger partial charge < -0.3 is 31.8 Å². The molecule has 0 unspecified atom stereocenters. The van der Waals surface area contributed by atoms with Crippen LogP contribution in [0.1, 0.15) is 42.1 Å². The van der Waals surface area contributed by atoms with Gasteiger partial charge in [-0.25, -0.2) is 9.18 Å². The van der Waals surface area contributed by atoms with Crippen molar-refractivity contribution in [2.45, 2.75) is 45.0 Å². The molecular weight excluding hydrogens is 584 g/mol. The van der Waals surface area contributed by atoms with Crippen LogP contribution >= 0.6 is 0 Å². The Morgan fingerprint density at radius 1 is 1.14 bits per heavy atom. The summed E-state index contributed by atoms with van der Waals surface area (Å²) in [6, 6.07) is 10.0. The molecule has 0 bridgehead atoms. The third kappa shape index (κ3) is 8.34. The van der Waals surface area contributed by atoms with Crippen molar-refractivity contribution in [1.29, 1.82) is 5.41 Å². The van der Waals surface area contributed by atoms with Gasteiger partial charge in [0.05, 0.1) is 11.4 Å². The van der Waals surface area contributed by atoms with Gasteiger partial charge in [0, 0.05) is 41.8 Å². The summed E-state index contributed by atoms with van der Waals surface area (Å²) in [6.45, 7) is 2.60. The zero-order valence-electron chi connectivity index (χ0n) is 23.7. The topological polar surface area (TPSA) is 177 Å². The van der Waals surface area contributed by atoms with Crippen molar-refractivity contribution in [3.63, 3.8) is 0 Å². The van der Waals surface area contributed by atoms with E-state index in [4.69, 9.17) is 16.9 Å². The number of fused-ring (bicyclic) bond motifs is 1. The number of guanidine groups is 1. The lowest BCUT2D eigenvalue weighted by atomic mass is 10.0. The molecule has 0 aliphatic carbocycles. The Morgan fingerprint density at radius 2 is 1.84 bits per heavy atom. The first-order valence-electron chi connectivity index (χ1n) is 13.7. The predicted octanol–water partition coefficient (Wildman–Crippen LogP) is 3.69. The summed E-state index contributed by atoms with van der Waals surface area (Å²) < 4.78 is 59.7. The molecule has 44 heavy (non-hydrogen) atoms. The Hall–Kier alpha value is -4.92. The molecule has 0 aliphatic rings. The maximum absolute atomic E-state index is 15.3. The van der Waals surface area contributed by atoms with Crippen LogP contribution in [0.2, 0.25) is 0 Å². The maximum atomic E-state index is 15.3. The summed E-state index contributed by atoms with van der Waals surface area (Å²) in [5, 5.41) is 12.9. The van der Waals surface area contributed by atoms with Gasteiger partial charge in [0.1, 0.15) is 5.65 Å². The maximum Gasteiger partial charge on any atom is 0.573 e. The van der Waals surface area contributed by atoms with E-state index in [0.717, 1.165) is 6.07 Å². The molecule has 2 aromatic carbocycles. The number of nitrogens with one attached hydrogen (secondary N) is 4. The summed E-state index contributed by atoms with van der Waals surface area (Å²) in [7, 11) is 0. The predicted molar refractivity (Wildman–Crippen MR) is 157 cm³/mol. The van der Waals surface area contributed by atoms with E-state index in [-0.39, 0.29) is 34.8 Å². The zero-order chi connectivity index (χ0) is 32.0. The number of H-pyrrole nitrogens is 1. The first-order chi connectivity index (χ1) is 20.8. The van der Waals surface area contributed by atoms with Crippen LogP contribution in [0, 0.1) is 11.2 Å².